The number of nitrogen functional groups attached to an aromatic ring is 1. The van der Waals surface area contributed by atoms with Crippen LogP contribution < -0.4 is 5.73 Å². The number of nitrogens with two attached hydrogens (primary N) is 1. The first kappa shape index (κ1) is 25.9. The Balaban J connectivity index is 0.000000303. The van der Waals surface area contributed by atoms with Crippen molar-refractivity contribution >= 4 is 22.9 Å². The highest BCUT2D eigenvalue weighted by atomic mass is 35.5. The van der Waals surface area contributed by atoms with E-state index in [1.807, 2.05) is 26.0 Å². The maximum absolute atomic E-state index is 9.29. The third kappa shape index (κ3) is 6.59. The largest absolute Gasteiger partial charge is 0.396 e. The van der Waals surface area contributed by atoms with Gasteiger partial charge in [-0.3, -0.25) is 4.98 Å². The molecule has 3 rings (SSSR count). The number of hydrogen-bond donors (Lipinski definition) is 1. The zero-order valence-corrected chi connectivity index (χ0v) is 21.3. The molecule has 0 radical (unpaired) electrons. The highest BCUT2D eigenvalue weighted by Crippen LogP contribution is 2.35. The zero-order chi connectivity index (χ0) is 23.8. The number of benzene rings is 1. The Morgan fingerprint density at radius 3 is 2.38 bits per heavy atom. The summed E-state index contributed by atoms with van der Waals surface area (Å²) in [5, 5.41) is 9.78. The van der Waals surface area contributed by atoms with Gasteiger partial charge in [0, 0.05) is 11.8 Å². The molecule has 0 bridgehead atoms. The van der Waals surface area contributed by atoms with E-state index in [0.29, 0.717) is 16.3 Å². The van der Waals surface area contributed by atoms with Crippen LogP contribution in [0, 0.1) is 42.9 Å². The van der Waals surface area contributed by atoms with Gasteiger partial charge in [-0.15, -0.1) is 0 Å². The molecule has 0 amide bonds. The molecule has 1 fully saturated rings. The van der Waals surface area contributed by atoms with E-state index in [1.54, 1.807) is 6.20 Å². The molecule has 1 aromatic heterocycles. The summed E-state index contributed by atoms with van der Waals surface area (Å²) < 4.78 is 0. The minimum absolute atomic E-state index is 0.450. The quantitative estimate of drug-likeness (QED) is 0.510. The Morgan fingerprint density at radius 1 is 1.16 bits per heavy atom. The number of rotatable bonds is 4. The summed E-state index contributed by atoms with van der Waals surface area (Å²) in [4.78, 5) is 4.15. The molecule has 0 saturated heterocycles. The smallest absolute Gasteiger partial charge is 0.0994 e. The number of hydrogen-bond acceptors (Lipinski definition) is 3. The Kier molecular flexibility index (Phi) is 9.79. The van der Waals surface area contributed by atoms with Crippen molar-refractivity contribution in [3.8, 4) is 6.07 Å². The van der Waals surface area contributed by atoms with Gasteiger partial charge in [-0.1, -0.05) is 64.3 Å². The van der Waals surface area contributed by atoms with E-state index in [1.165, 1.54) is 31.9 Å². The van der Waals surface area contributed by atoms with Crippen LogP contribution >= 0.6 is 11.6 Å². The summed E-state index contributed by atoms with van der Waals surface area (Å²) in [6, 6.07) is 6.16. The Labute approximate surface area is 199 Å². The van der Waals surface area contributed by atoms with Gasteiger partial charge in [-0.25, -0.2) is 0 Å². The average Bonchev–Trinajstić information content (AvgIpc) is 2.75. The number of allylic oxidation sites excluding steroid dienone is 1. The second kappa shape index (κ2) is 12.1. The molecule has 172 valence electrons. The molecule has 2 aromatic rings. The number of halogens is 1. The van der Waals surface area contributed by atoms with Crippen molar-refractivity contribution < 1.29 is 0 Å². The van der Waals surface area contributed by atoms with Gasteiger partial charge in [0.2, 0.25) is 0 Å². The van der Waals surface area contributed by atoms with Crippen LogP contribution in [0.25, 0.3) is 5.57 Å². The Morgan fingerprint density at radius 2 is 1.81 bits per heavy atom. The zero-order valence-electron chi connectivity index (χ0n) is 20.5. The number of aryl methyl sites for hydroxylation is 2. The van der Waals surface area contributed by atoms with E-state index in [-0.39, 0.29) is 0 Å². The fourth-order valence-electron chi connectivity index (χ4n) is 4.43. The molecule has 1 aliphatic carbocycles. The maximum atomic E-state index is 9.29. The van der Waals surface area contributed by atoms with Crippen LogP contribution in [0.5, 0.6) is 0 Å². The highest BCUT2D eigenvalue weighted by Gasteiger charge is 2.20. The predicted octanol–water partition coefficient (Wildman–Crippen LogP) is 8.12. The van der Waals surface area contributed by atoms with Gasteiger partial charge in [0.05, 0.1) is 28.5 Å². The summed E-state index contributed by atoms with van der Waals surface area (Å²) in [5.41, 5.74) is 11.8. The Bertz CT molecular complexity index is 977. The van der Waals surface area contributed by atoms with Crippen LogP contribution in [0.2, 0.25) is 5.02 Å². The van der Waals surface area contributed by atoms with E-state index in [9.17, 15) is 5.26 Å². The number of aromatic nitrogens is 1. The second-order valence-electron chi connectivity index (χ2n) is 9.47. The number of nitrogens with zero attached hydrogens (tertiary/aromatic N) is 2. The summed E-state index contributed by atoms with van der Waals surface area (Å²) in [7, 11) is 0. The van der Waals surface area contributed by atoms with Gasteiger partial charge in [-0.2, -0.15) is 5.26 Å². The molecule has 0 aliphatic heterocycles. The lowest BCUT2D eigenvalue weighted by Gasteiger charge is -2.28. The minimum atomic E-state index is 0.450. The molecule has 0 atom stereocenters. The summed E-state index contributed by atoms with van der Waals surface area (Å²) in [6.45, 7) is 13.1. The van der Waals surface area contributed by atoms with Gasteiger partial charge in [0.1, 0.15) is 0 Å². The Hall–Kier alpha value is -2.31. The van der Waals surface area contributed by atoms with Crippen molar-refractivity contribution in [3.05, 3.63) is 63.4 Å². The lowest BCUT2D eigenvalue weighted by molar-refractivity contribution is 0.234. The number of pyridine rings is 1. The molecule has 4 heteroatoms. The number of anilines is 1. The van der Waals surface area contributed by atoms with Gasteiger partial charge < -0.3 is 5.73 Å². The van der Waals surface area contributed by atoms with Gasteiger partial charge in [0.15, 0.2) is 0 Å². The monoisotopic (exact) mass is 451 g/mol. The first-order valence-electron chi connectivity index (χ1n) is 11.8. The predicted molar refractivity (Wildman–Crippen MR) is 138 cm³/mol. The van der Waals surface area contributed by atoms with E-state index < -0.39 is 0 Å². The minimum Gasteiger partial charge on any atom is -0.396 e. The normalized spacial score (nSPS) is 18.7. The van der Waals surface area contributed by atoms with E-state index in [4.69, 9.17) is 17.3 Å². The molecule has 0 spiro atoms. The van der Waals surface area contributed by atoms with Crippen LogP contribution in [0.3, 0.4) is 0 Å². The van der Waals surface area contributed by atoms with Crippen LogP contribution in [-0.4, -0.2) is 4.98 Å². The van der Waals surface area contributed by atoms with Crippen LogP contribution in [-0.2, 0) is 0 Å². The molecule has 2 N–H and O–H groups in total. The van der Waals surface area contributed by atoms with E-state index in [0.717, 1.165) is 52.0 Å². The first-order chi connectivity index (χ1) is 15.2. The third-order valence-electron chi connectivity index (χ3n) is 6.59. The highest BCUT2D eigenvalue weighted by molar-refractivity contribution is 6.35. The number of nitriles is 1. The van der Waals surface area contributed by atoms with Crippen LogP contribution in [0.15, 0.2) is 30.6 Å². The standard InChI is InChI=1S/C18H18ClN3.C10H20/c1-4-5-14(16-9-22-10-17(21)18(16)19)15-7-13(8-20)11(2)6-12(15)3;1-8(2)10-6-4-9(3)5-7-10/h5-7,9-10H,4,21H2,1-3H3;8-10H,4-7H2,1-3H3/b14-5+;. The molecule has 0 unspecified atom stereocenters. The van der Waals surface area contributed by atoms with Crippen molar-refractivity contribution in [3.63, 3.8) is 0 Å². The molecule has 1 saturated carbocycles. The van der Waals surface area contributed by atoms with Crippen molar-refractivity contribution in [2.24, 2.45) is 17.8 Å². The first-order valence-corrected chi connectivity index (χ1v) is 12.2. The topological polar surface area (TPSA) is 62.7 Å². The second-order valence-corrected chi connectivity index (χ2v) is 9.85. The van der Waals surface area contributed by atoms with E-state index >= 15 is 0 Å². The van der Waals surface area contributed by atoms with Crippen molar-refractivity contribution in [2.45, 2.75) is 73.6 Å². The average molecular weight is 452 g/mol. The fourth-order valence-corrected chi connectivity index (χ4v) is 4.63. The molecular formula is C28H38ClN3. The lowest BCUT2D eigenvalue weighted by atomic mass is 9.78. The summed E-state index contributed by atoms with van der Waals surface area (Å²) >= 11 is 6.36. The van der Waals surface area contributed by atoms with Gasteiger partial charge >= 0.3 is 0 Å². The maximum Gasteiger partial charge on any atom is 0.0994 e. The molecule has 1 heterocycles. The molecular weight excluding hydrogens is 414 g/mol. The summed E-state index contributed by atoms with van der Waals surface area (Å²) in [5.74, 6) is 2.97. The molecule has 1 aliphatic rings. The molecule has 32 heavy (non-hydrogen) atoms. The molecule has 1 aromatic carbocycles. The SMILES string of the molecule is CC/C=C(\c1cc(C#N)c(C)cc1C)c1cncc(N)c1Cl.CC1CCC(C(C)C)CC1. The van der Waals surface area contributed by atoms with Crippen LogP contribution in [0.1, 0.15) is 87.6 Å². The van der Waals surface area contributed by atoms with Crippen molar-refractivity contribution in [1.29, 1.82) is 5.26 Å². The van der Waals surface area contributed by atoms with Crippen molar-refractivity contribution in [1.82, 2.24) is 4.98 Å². The third-order valence-corrected chi connectivity index (χ3v) is 7.01. The fraction of sp³-hybridized carbons (Fsp3) is 0.500. The van der Waals surface area contributed by atoms with Crippen LogP contribution in [0.4, 0.5) is 5.69 Å². The van der Waals surface area contributed by atoms with E-state index in [2.05, 4.69) is 44.8 Å². The van der Waals surface area contributed by atoms with Crippen molar-refractivity contribution in [2.75, 3.05) is 5.73 Å². The van der Waals surface area contributed by atoms with Gasteiger partial charge in [-0.05, 0) is 79.2 Å². The molecule has 3 nitrogen and oxygen atoms in total. The lowest BCUT2D eigenvalue weighted by Crippen LogP contribution is -2.16. The summed E-state index contributed by atoms with van der Waals surface area (Å²) in [6.07, 6.45) is 12.1. The van der Waals surface area contributed by atoms with Gasteiger partial charge in [0.25, 0.3) is 0 Å².